The van der Waals surface area contributed by atoms with Crippen LogP contribution in [0.1, 0.15) is 30.9 Å². The van der Waals surface area contributed by atoms with Crippen LogP contribution in [0.4, 0.5) is 0 Å². The Morgan fingerprint density at radius 3 is 2.76 bits per heavy atom. The number of aliphatic hydroxyl groups is 1. The summed E-state index contributed by atoms with van der Waals surface area (Å²) < 4.78 is 10.7. The van der Waals surface area contributed by atoms with E-state index in [0.29, 0.717) is 18.6 Å². The summed E-state index contributed by atoms with van der Waals surface area (Å²) in [5, 5.41) is 15.8. The first-order chi connectivity index (χ1) is 10.3. The second-order valence-corrected chi connectivity index (χ2v) is 5.39. The minimum Gasteiger partial charge on any atom is -0.493 e. The quantitative estimate of drug-likeness (QED) is 0.665. The van der Waals surface area contributed by atoms with Crippen LogP contribution < -0.4 is 20.1 Å². The lowest BCUT2D eigenvalue weighted by Gasteiger charge is -2.32. The molecule has 1 aromatic carbocycles. The highest BCUT2D eigenvalue weighted by Gasteiger charge is 2.22. The average molecular weight is 294 g/mol. The van der Waals surface area contributed by atoms with Crippen molar-refractivity contribution in [2.45, 2.75) is 31.3 Å². The van der Waals surface area contributed by atoms with Gasteiger partial charge in [0.2, 0.25) is 0 Å². The lowest BCUT2D eigenvalue weighted by Crippen LogP contribution is -2.44. The van der Waals surface area contributed by atoms with Crippen LogP contribution in [-0.4, -0.2) is 45.1 Å². The number of ether oxygens (including phenoxy) is 2. The molecule has 1 aliphatic heterocycles. The van der Waals surface area contributed by atoms with E-state index in [-0.39, 0.29) is 6.61 Å². The van der Waals surface area contributed by atoms with Gasteiger partial charge in [-0.05, 0) is 37.0 Å². The molecule has 118 valence electrons. The Morgan fingerprint density at radius 2 is 2.05 bits per heavy atom. The molecule has 1 fully saturated rings. The van der Waals surface area contributed by atoms with Gasteiger partial charge in [-0.3, -0.25) is 0 Å². The van der Waals surface area contributed by atoms with E-state index in [9.17, 15) is 0 Å². The topological polar surface area (TPSA) is 62.8 Å². The molecule has 0 saturated carbocycles. The number of piperidine rings is 1. The third kappa shape index (κ3) is 4.33. The molecule has 1 saturated heterocycles. The fraction of sp³-hybridized carbons (Fsp3) is 0.625. The maximum absolute atomic E-state index is 8.82. The molecule has 0 aromatic heterocycles. The van der Waals surface area contributed by atoms with Crippen LogP contribution in [0.25, 0.3) is 0 Å². The molecule has 0 aliphatic carbocycles. The molecule has 1 aromatic rings. The Bertz CT molecular complexity index is 440. The third-order valence-corrected chi connectivity index (χ3v) is 3.97. The fourth-order valence-corrected chi connectivity index (χ4v) is 2.87. The number of hydrogen-bond acceptors (Lipinski definition) is 5. The van der Waals surface area contributed by atoms with Crippen molar-refractivity contribution in [3.8, 4) is 11.5 Å². The van der Waals surface area contributed by atoms with Gasteiger partial charge >= 0.3 is 0 Å². The molecule has 0 spiro atoms. The number of rotatable bonds is 7. The molecule has 0 amide bonds. The van der Waals surface area contributed by atoms with E-state index in [1.165, 1.54) is 18.4 Å². The number of methoxy groups -OCH3 is 2. The monoisotopic (exact) mass is 294 g/mol. The van der Waals surface area contributed by atoms with E-state index in [1.807, 2.05) is 6.07 Å². The smallest absolute Gasteiger partial charge is 0.161 e. The molecule has 2 unspecified atom stereocenters. The van der Waals surface area contributed by atoms with Crippen LogP contribution in [0.2, 0.25) is 0 Å². The summed E-state index contributed by atoms with van der Waals surface area (Å²) in [5.41, 5.74) is 1.24. The molecule has 2 rings (SSSR count). The van der Waals surface area contributed by atoms with Crippen LogP contribution in [0, 0.1) is 0 Å². The molecule has 3 N–H and O–H groups in total. The maximum atomic E-state index is 8.82. The largest absolute Gasteiger partial charge is 0.493 e. The second kappa shape index (κ2) is 8.22. The molecular formula is C16H26N2O3. The van der Waals surface area contributed by atoms with E-state index in [0.717, 1.165) is 24.5 Å². The number of benzene rings is 1. The first kappa shape index (κ1) is 16.1. The highest BCUT2D eigenvalue weighted by atomic mass is 16.5. The van der Waals surface area contributed by atoms with E-state index < -0.39 is 0 Å². The van der Waals surface area contributed by atoms with Gasteiger partial charge in [-0.2, -0.15) is 0 Å². The lowest BCUT2D eigenvalue weighted by molar-refractivity contribution is 0.275. The number of aliphatic hydroxyl groups excluding tert-OH is 1. The zero-order valence-electron chi connectivity index (χ0n) is 12.9. The first-order valence-corrected chi connectivity index (χ1v) is 7.58. The molecule has 0 bridgehead atoms. The van der Waals surface area contributed by atoms with E-state index >= 15 is 0 Å². The summed E-state index contributed by atoms with van der Waals surface area (Å²) in [5.74, 6) is 1.54. The molecule has 1 aliphatic rings. The molecular weight excluding hydrogens is 268 g/mol. The Labute approximate surface area is 126 Å². The predicted octanol–water partition coefficient (Wildman–Crippen LogP) is 1.47. The van der Waals surface area contributed by atoms with E-state index in [1.54, 1.807) is 14.2 Å². The van der Waals surface area contributed by atoms with Crippen molar-refractivity contribution in [2.24, 2.45) is 0 Å². The molecule has 0 radical (unpaired) electrons. The summed E-state index contributed by atoms with van der Waals surface area (Å²) in [6.45, 7) is 1.73. The van der Waals surface area contributed by atoms with Gasteiger partial charge in [0.05, 0.1) is 20.8 Å². The minimum atomic E-state index is 0.186. The van der Waals surface area contributed by atoms with Crippen molar-refractivity contribution in [3.05, 3.63) is 23.8 Å². The van der Waals surface area contributed by atoms with Gasteiger partial charge in [0, 0.05) is 25.2 Å². The van der Waals surface area contributed by atoms with Gasteiger partial charge in [-0.25, -0.2) is 0 Å². The van der Waals surface area contributed by atoms with Crippen LogP contribution >= 0.6 is 0 Å². The van der Waals surface area contributed by atoms with Gasteiger partial charge in [-0.15, -0.1) is 0 Å². The lowest BCUT2D eigenvalue weighted by atomic mass is 9.93. The summed E-state index contributed by atoms with van der Waals surface area (Å²) >= 11 is 0. The van der Waals surface area contributed by atoms with Gasteiger partial charge in [-0.1, -0.05) is 6.07 Å². The summed E-state index contributed by atoms with van der Waals surface area (Å²) in [6.07, 6.45) is 3.51. The van der Waals surface area contributed by atoms with Crippen molar-refractivity contribution in [1.82, 2.24) is 10.6 Å². The predicted molar refractivity (Wildman–Crippen MR) is 83.0 cm³/mol. The Morgan fingerprint density at radius 1 is 1.24 bits per heavy atom. The molecule has 5 nitrogen and oxygen atoms in total. The maximum Gasteiger partial charge on any atom is 0.161 e. The van der Waals surface area contributed by atoms with Gasteiger partial charge in [0.15, 0.2) is 11.5 Å². The fourth-order valence-electron chi connectivity index (χ4n) is 2.87. The van der Waals surface area contributed by atoms with Gasteiger partial charge in [0.25, 0.3) is 0 Å². The zero-order valence-corrected chi connectivity index (χ0v) is 12.9. The van der Waals surface area contributed by atoms with E-state index in [4.69, 9.17) is 14.6 Å². The van der Waals surface area contributed by atoms with Crippen LogP contribution in [-0.2, 0) is 0 Å². The number of hydrogen-bond donors (Lipinski definition) is 3. The zero-order chi connectivity index (χ0) is 15.1. The SMILES string of the molecule is COc1ccc(C2CCCC(CNCCO)N2)cc1OC. The minimum absolute atomic E-state index is 0.186. The molecule has 5 heteroatoms. The van der Waals surface area contributed by atoms with Crippen molar-refractivity contribution in [3.63, 3.8) is 0 Å². The van der Waals surface area contributed by atoms with Gasteiger partial charge in [0.1, 0.15) is 0 Å². The average Bonchev–Trinajstić information content (AvgIpc) is 2.54. The highest BCUT2D eigenvalue weighted by Crippen LogP contribution is 2.33. The van der Waals surface area contributed by atoms with Gasteiger partial charge < -0.3 is 25.2 Å². The van der Waals surface area contributed by atoms with Crippen molar-refractivity contribution in [1.29, 1.82) is 0 Å². The molecule has 2 atom stereocenters. The Kier molecular flexibility index (Phi) is 6.29. The standard InChI is InChI=1S/C16H26N2O3/c1-20-15-7-6-12(10-16(15)21-2)14-5-3-4-13(18-14)11-17-8-9-19/h6-7,10,13-14,17-19H,3-5,8-9,11H2,1-2H3. The van der Waals surface area contributed by atoms with Crippen LogP contribution in [0.15, 0.2) is 18.2 Å². The number of nitrogens with one attached hydrogen (secondary N) is 2. The molecule has 1 heterocycles. The van der Waals surface area contributed by atoms with Crippen LogP contribution in [0.5, 0.6) is 11.5 Å². The highest BCUT2D eigenvalue weighted by molar-refractivity contribution is 5.43. The normalized spacial score (nSPS) is 22.0. The van der Waals surface area contributed by atoms with Crippen molar-refractivity contribution in [2.75, 3.05) is 33.9 Å². The van der Waals surface area contributed by atoms with Crippen molar-refractivity contribution < 1.29 is 14.6 Å². The Hall–Kier alpha value is -1.30. The summed E-state index contributed by atoms with van der Waals surface area (Å²) in [6, 6.07) is 6.91. The second-order valence-electron chi connectivity index (χ2n) is 5.39. The van der Waals surface area contributed by atoms with Crippen molar-refractivity contribution >= 4 is 0 Å². The first-order valence-electron chi connectivity index (χ1n) is 7.58. The van der Waals surface area contributed by atoms with Crippen LogP contribution in [0.3, 0.4) is 0 Å². The van der Waals surface area contributed by atoms with E-state index in [2.05, 4.69) is 22.8 Å². The molecule has 21 heavy (non-hydrogen) atoms. The third-order valence-electron chi connectivity index (χ3n) is 3.97. The summed E-state index contributed by atoms with van der Waals surface area (Å²) in [7, 11) is 3.32. The Balaban J connectivity index is 2.00. The summed E-state index contributed by atoms with van der Waals surface area (Å²) in [4.78, 5) is 0.